The normalized spacial score (nSPS) is 30.7. The molecule has 56 valence electrons. The van der Waals surface area contributed by atoms with Crippen LogP contribution in [0.1, 0.15) is 27.2 Å². The number of hydrogen-bond acceptors (Lipinski definition) is 0. The minimum atomic E-state index is 0.389. The van der Waals surface area contributed by atoms with Crippen LogP contribution in [0.15, 0.2) is 24.3 Å². The van der Waals surface area contributed by atoms with Gasteiger partial charge in [0.15, 0.2) is 0 Å². The SMILES string of the molecule is C=C1C=CC(C)(C)CC1C. The molecule has 0 bridgehead atoms. The molecule has 10 heavy (non-hydrogen) atoms. The number of rotatable bonds is 0. The van der Waals surface area contributed by atoms with Crippen LogP contribution in [0, 0.1) is 11.3 Å². The zero-order chi connectivity index (χ0) is 7.78. The quantitative estimate of drug-likeness (QED) is 0.480. The standard InChI is InChI=1S/C10H16/c1-8-5-6-10(3,4)7-9(8)2/h5-6,9H,1,7H2,2-4H3. The summed E-state index contributed by atoms with van der Waals surface area (Å²) in [7, 11) is 0. The first-order valence-corrected chi connectivity index (χ1v) is 3.89. The molecule has 0 N–H and O–H groups in total. The summed E-state index contributed by atoms with van der Waals surface area (Å²) in [6.45, 7) is 10.8. The van der Waals surface area contributed by atoms with Crippen molar-refractivity contribution in [3.05, 3.63) is 24.3 Å². The fourth-order valence-electron chi connectivity index (χ4n) is 1.49. The molecular weight excluding hydrogens is 120 g/mol. The second-order valence-corrected chi connectivity index (χ2v) is 4.00. The van der Waals surface area contributed by atoms with Gasteiger partial charge in [0.05, 0.1) is 0 Å². The highest BCUT2D eigenvalue weighted by Crippen LogP contribution is 2.34. The Morgan fingerprint density at radius 2 is 2.20 bits per heavy atom. The summed E-state index contributed by atoms with van der Waals surface area (Å²) in [6.07, 6.45) is 5.66. The van der Waals surface area contributed by atoms with Gasteiger partial charge in [-0.2, -0.15) is 0 Å². The zero-order valence-corrected chi connectivity index (χ0v) is 7.15. The summed E-state index contributed by atoms with van der Waals surface area (Å²) < 4.78 is 0. The lowest BCUT2D eigenvalue weighted by Gasteiger charge is -2.29. The van der Waals surface area contributed by atoms with Crippen molar-refractivity contribution in [2.45, 2.75) is 27.2 Å². The molecule has 0 saturated carbocycles. The summed E-state index contributed by atoms with van der Waals surface area (Å²) >= 11 is 0. The Balaban J connectivity index is 2.78. The maximum atomic E-state index is 3.97. The van der Waals surface area contributed by atoms with Crippen LogP contribution >= 0.6 is 0 Å². The summed E-state index contributed by atoms with van der Waals surface area (Å²) in [4.78, 5) is 0. The Labute approximate surface area is 63.6 Å². The van der Waals surface area contributed by atoms with E-state index in [1.165, 1.54) is 12.0 Å². The van der Waals surface area contributed by atoms with Crippen molar-refractivity contribution in [2.24, 2.45) is 11.3 Å². The van der Waals surface area contributed by atoms with Crippen LogP contribution in [0.4, 0.5) is 0 Å². The molecule has 1 aliphatic carbocycles. The van der Waals surface area contributed by atoms with Crippen molar-refractivity contribution in [3.8, 4) is 0 Å². The molecule has 1 aliphatic rings. The highest BCUT2D eigenvalue weighted by atomic mass is 14.3. The first-order chi connectivity index (χ1) is 4.51. The molecule has 0 radical (unpaired) electrons. The van der Waals surface area contributed by atoms with Crippen LogP contribution in [-0.4, -0.2) is 0 Å². The van der Waals surface area contributed by atoms with Crippen LogP contribution in [0.5, 0.6) is 0 Å². The molecule has 1 rings (SSSR count). The zero-order valence-electron chi connectivity index (χ0n) is 7.15. The minimum Gasteiger partial charge on any atom is -0.0956 e. The molecule has 1 atom stereocenters. The van der Waals surface area contributed by atoms with E-state index in [1.54, 1.807) is 0 Å². The third-order valence-corrected chi connectivity index (χ3v) is 2.21. The van der Waals surface area contributed by atoms with Gasteiger partial charge in [-0.15, -0.1) is 0 Å². The largest absolute Gasteiger partial charge is 0.0956 e. The topological polar surface area (TPSA) is 0 Å². The Kier molecular flexibility index (Phi) is 1.72. The van der Waals surface area contributed by atoms with E-state index in [0.29, 0.717) is 11.3 Å². The van der Waals surface area contributed by atoms with E-state index < -0.39 is 0 Å². The first kappa shape index (κ1) is 7.59. The second-order valence-electron chi connectivity index (χ2n) is 4.00. The van der Waals surface area contributed by atoms with E-state index in [-0.39, 0.29) is 0 Å². The third kappa shape index (κ3) is 1.50. The van der Waals surface area contributed by atoms with E-state index >= 15 is 0 Å². The molecule has 0 spiro atoms. The van der Waals surface area contributed by atoms with E-state index in [1.807, 2.05) is 0 Å². The second kappa shape index (κ2) is 2.26. The van der Waals surface area contributed by atoms with Gasteiger partial charge >= 0.3 is 0 Å². The van der Waals surface area contributed by atoms with Crippen LogP contribution in [0.3, 0.4) is 0 Å². The minimum absolute atomic E-state index is 0.389. The molecule has 1 unspecified atom stereocenters. The smallest absolute Gasteiger partial charge is 0.0166 e. The average molecular weight is 136 g/mol. The Hall–Kier alpha value is -0.520. The van der Waals surface area contributed by atoms with E-state index in [4.69, 9.17) is 0 Å². The molecule has 0 aliphatic heterocycles. The average Bonchev–Trinajstić information content (AvgIpc) is 1.79. The van der Waals surface area contributed by atoms with Gasteiger partial charge in [0.25, 0.3) is 0 Å². The lowest BCUT2D eigenvalue weighted by molar-refractivity contribution is 0.367. The highest BCUT2D eigenvalue weighted by Gasteiger charge is 2.22. The first-order valence-electron chi connectivity index (χ1n) is 3.89. The Morgan fingerprint density at radius 3 is 2.60 bits per heavy atom. The molecule has 0 amide bonds. The summed E-state index contributed by atoms with van der Waals surface area (Å²) in [6, 6.07) is 0. The third-order valence-electron chi connectivity index (χ3n) is 2.21. The molecule has 0 aromatic rings. The monoisotopic (exact) mass is 136 g/mol. The van der Waals surface area contributed by atoms with Gasteiger partial charge in [-0.1, -0.05) is 45.1 Å². The number of hydrogen-bond donors (Lipinski definition) is 0. The van der Waals surface area contributed by atoms with Crippen molar-refractivity contribution in [1.82, 2.24) is 0 Å². The molecular formula is C10H16. The molecule has 0 aromatic carbocycles. The van der Waals surface area contributed by atoms with Gasteiger partial charge in [0, 0.05) is 0 Å². The Bertz CT molecular complexity index is 172. The fourth-order valence-corrected chi connectivity index (χ4v) is 1.49. The summed E-state index contributed by atoms with van der Waals surface area (Å²) in [5, 5.41) is 0. The lowest BCUT2D eigenvalue weighted by atomic mass is 9.76. The van der Waals surface area contributed by atoms with Gasteiger partial charge in [-0.25, -0.2) is 0 Å². The predicted molar refractivity (Wildman–Crippen MR) is 45.8 cm³/mol. The van der Waals surface area contributed by atoms with Crippen LogP contribution in [0.2, 0.25) is 0 Å². The van der Waals surface area contributed by atoms with Crippen molar-refractivity contribution in [2.75, 3.05) is 0 Å². The molecule has 0 fully saturated rings. The van der Waals surface area contributed by atoms with Crippen molar-refractivity contribution < 1.29 is 0 Å². The van der Waals surface area contributed by atoms with Gasteiger partial charge in [-0.3, -0.25) is 0 Å². The molecule has 0 heterocycles. The van der Waals surface area contributed by atoms with Crippen molar-refractivity contribution in [1.29, 1.82) is 0 Å². The number of allylic oxidation sites excluding steroid dienone is 3. The van der Waals surface area contributed by atoms with Gasteiger partial charge in [-0.05, 0) is 17.8 Å². The van der Waals surface area contributed by atoms with Gasteiger partial charge < -0.3 is 0 Å². The van der Waals surface area contributed by atoms with E-state index in [9.17, 15) is 0 Å². The lowest BCUT2D eigenvalue weighted by Crippen LogP contribution is -2.17. The molecule has 0 saturated heterocycles. The van der Waals surface area contributed by atoms with E-state index in [2.05, 4.69) is 39.5 Å². The van der Waals surface area contributed by atoms with Crippen LogP contribution in [0.25, 0.3) is 0 Å². The van der Waals surface area contributed by atoms with Crippen molar-refractivity contribution >= 4 is 0 Å². The van der Waals surface area contributed by atoms with Crippen molar-refractivity contribution in [3.63, 3.8) is 0 Å². The Morgan fingerprint density at radius 1 is 1.60 bits per heavy atom. The summed E-state index contributed by atoms with van der Waals surface area (Å²) in [5.41, 5.74) is 1.67. The maximum absolute atomic E-state index is 3.97. The molecule has 0 aromatic heterocycles. The maximum Gasteiger partial charge on any atom is -0.0166 e. The fraction of sp³-hybridized carbons (Fsp3) is 0.600. The van der Waals surface area contributed by atoms with Crippen LogP contribution < -0.4 is 0 Å². The van der Waals surface area contributed by atoms with Gasteiger partial charge in [0.1, 0.15) is 0 Å². The van der Waals surface area contributed by atoms with E-state index in [0.717, 1.165) is 0 Å². The van der Waals surface area contributed by atoms with Gasteiger partial charge in [0.2, 0.25) is 0 Å². The summed E-state index contributed by atoms with van der Waals surface area (Å²) in [5.74, 6) is 0.667. The molecule has 0 nitrogen and oxygen atoms in total. The van der Waals surface area contributed by atoms with Crippen LogP contribution in [-0.2, 0) is 0 Å². The predicted octanol–water partition coefficient (Wildman–Crippen LogP) is 3.16. The highest BCUT2D eigenvalue weighted by molar-refractivity contribution is 5.23. The molecule has 0 heteroatoms.